The number of ether oxygens (including phenoxy) is 1. The van der Waals surface area contributed by atoms with Crippen LogP contribution in [0.5, 0.6) is 5.75 Å². The van der Waals surface area contributed by atoms with Gasteiger partial charge in [0, 0.05) is 17.6 Å². The van der Waals surface area contributed by atoms with Gasteiger partial charge in [0.2, 0.25) is 0 Å². The lowest BCUT2D eigenvalue weighted by Crippen LogP contribution is -2.25. The van der Waals surface area contributed by atoms with E-state index in [1.54, 1.807) is 0 Å². The summed E-state index contributed by atoms with van der Waals surface area (Å²) in [5.74, 6) is 0.880. The quantitative estimate of drug-likeness (QED) is 0.490. The normalized spacial score (nSPS) is 11.9. The second kappa shape index (κ2) is 10.1. The topological polar surface area (TPSA) is 21.3 Å². The summed E-state index contributed by atoms with van der Waals surface area (Å²) in [6.07, 6.45) is 2.23. The van der Waals surface area contributed by atoms with Crippen LogP contribution < -0.4 is 10.1 Å². The van der Waals surface area contributed by atoms with Gasteiger partial charge in [-0.25, -0.2) is 0 Å². The van der Waals surface area contributed by atoms with Crippen LogP contribution in [-0.4, -0.2) is 6.04 Å². The number of nitrogens with one attached hydrogen (secondary N) is 1. The van der Waals surface area contributed by atoms with Crippen molar-refractivity contribution in [2.45, 2.75) is 39.0 Å². The highest BCUT2D eigenvalue weighted by Crippen LogP contribution is 2.16. The van der Waals surface area contributed by atoms with Gasteiger partial charge >= 0.3 is 0 Å². The Morgan fingerprint density at radius 1 is 0.815 bits per heavy atom. The fourth-order valence-electron chi connectivity index (χ4n) is 2.87. The number of aryl methyl sites for hydroxylation is 1. The summed E-state index contributed by atoms with van der Waals surface area (Å²) in [4.78, 5) is 0. The Hall–Kier alpha value is -2.29. The van der Waals surface area contributed by atoms with Gasteiger partial charge in [0.25, 0.3) is 0 Å². The Kier molecular flexibility index (Phi) is 7.32. The molecule has 0 aromatic heterocycles. The fraction of sp³-hybridized carbons (Fsp3) is 0.250. The Bertz CT molecular complexity index is 800. The molecule has 0 spiro atoms. The Labute approximate surface area is 167 Å². The minimum Gasteiger partial charge on any atom is -0.489 e. The molecule has 0 aliphatic carbocycles. The molecule has 0 bridgehead atoms. The molecule has 0 radical (unpaired) electrons. The molecule has 3 aromatic rings. The summed E-state index contributed by atoms with van der Waals surface area (Å²) in [6.45, 7) is 3.66. The van der Waals surface area contributed by atoms with Crippen LogP contribution in [-0.2, 0) is 19.6 Å². The summed E-state index contributed by atoms with van der Waals surface area (Å²) >= 11 is 5.90. The standard InChI is InChI=1S/C24H26ClNO/c1-19(7-8-20-5-3-2-4-6-20)26-17-21-11-15-24(16-12-21)27-18-22-9-13-23(25)14-10-22/h2-6,9-16,19,26H,7-8,17-18H2,1H3/t19-/m1/s1. The van der Waals surface area contributed by atoms with Gasteiger partial charge in [-0.05, 0) is 60.7 Å². The highest BCUT2D eigenvalue weighted by Gasteiger charge is 2.03. The van der Waals surface area contributed by atoms with Crippen molar-refractivity contribution in [2.24, 2.45) is 0 Å². The van der Waals surface area contributed by atoms with Crippen molar-refractivity contribution in [3.05, 3.63) is 101 Å². The summed E-state index contributed by atoms with van der Waals surface area (Å²) in [5, 5.41) is 4.34. The maximum absolute atomic E-state index is 5.90. The number of rotatable bonds is 9. The minimum atomic E-state index is 0.478. The van der Waals surface area contributed by atoms with Crippen LogP contribution in [0.3, 0.4) is 0 Å². The molecule has 3 heteroatoms. The number of halogens is 1. The average molecular weight is 380 g/mol. The van der Waals surface area contributed by atoms with E-state index in [1.807, 2.05) is 36.4 Å². The SMILES string of the molecule is C[C@H](CCc1ccccc1)NCc1ccc(OCc2ccc(Cl)cc2)cc1. The van der Waals surface area contributed by atoms with Crippen molar-refractivity contribution >= 4 is 11.6 Å². The first-order valence-electron chi connectivity index (χ1n) is 9.42. The summed E-state index contributed by atoms with van der Waals surface area (Å²) in [5.41, 5.74) is 3.77. The maximum atomic E-state index is 5.90. The van der Waals surface area contributed by atoms with E-state index in [0.29, 0.717) is 12.6 Å². The molecule has 27 heavy (non-hydrogen) atoms. The summed E-state index contributed by atoms with van der Waals surface area (Å²) < 4.78 is 5.84. The van der Waals surface area contributed by atoms with E-state index in [2.05, 4.69) is 54.7 Å². The van der Waals surface area contributed by atoms with E-state index in [4.69, 9.17) is 16.3 Å². The van der Waals surface area contributed by atoms with Crippen molar-refractivity contribution < 1.29 is 4.74 Å². The Morgan fingerprint density at radius 3 is 2.19 bits per heavy atom. The molecule has 0 saturated heterocycles. The predicted octanol–water partition coefficient (Wildman–Crippen LogP) is 6.03. The van der Waals surface area contributed by atoms with Gasteiger partial charge in [-0.15, -0.1) is 0 Å². The van der Waals surface area contributed by atoms with Crippen LogP contribution in [0, 0.1) is 0 Å². The lowest BCUT2D eigenvalue weighted by atomic mass is 10.1. The van der Waals surface area contributed by atoms with Gasteiger partial charge in [0.15, 0.2) is 0 Å². The average Bonchev–Trinajstić information content (AvgIpc) is 2.72. The van der Waals surface area contributed by atoms with Gasteiger partial charge in [0.05, 0.1) is 0 Å². The first-order valence-corrected chi connectivity index (χ1v) is 9.80. The van der Waals surface area contributed by atoms with Crippen LogP contribution in [0.1, 0.15) is 30.0 Å². The van der Waals surface area contributed by atoms with Gasteiger partial charge in [0.1, 0.15) is 12.4 Å². The molecule has 0 aliphatic heterocycles. The van der Waals surface area contributed by atoms with Crippen LogP contribution in [0.15, 0.2) is 78.9 Å². The monoisotopic (exact) mass is 379 g/mol. The second-order valence-electron chi connectivity index (χ2n) is 6.87. The van der Waals surface area contributed by atoms with E-state index in [-0.39, 0.29) is 0 Å². The molecule has 2 nitrogen and oxygen atoms in total. The van der Waals surface area contributed by atoms with E-state index < -0.39 is 0 Å². The molecular formula is C24H26ClNO. The van der Waals surface area contributed by atoms with E-state index in [0.717, 1.165) is 35.7 Å². The lowest BCUT2D eigenvalue weighted by Gasteiger charge is -2.14. The number of hydrogen-bond acceptors (Lipinski definition) is 2. The third-order valence-corrected chi connectivity index (χ3v) is 4.86. The molecule has 140 valence electrons. The third-order valence-electron chi connectivity index (χ3n) is 4.61. The zero-order chi connectivity index (χ0) is 18.9. The molecular weight excluding hydrogens is 354 g/mol. The van der Waals surface area contributed by atoms with Crippen molar-refractivity contribution in [2.75, 3.05) is 0 Å². The lowest BCUT2D eigenvalue weighted by molar-refractivity contribution is 0.306. The maximum Gasteiger partial charge on any atom is 0.119 e. The van der Waals surface area contributed by atoms with Crippen LogP contribution >= 0.6 is 11.6 Å². The first-order chi connectivity index (χ1) is 13.2. The summed E-state index contributed by atoms with van der Waals surface area (Å²) in [7, 11) is 0. The molecule has 0 heterocycles. The predicted molar refractivity (Wildman–Crippen MR) is 113 cm³/mol. The third kappa shape index (κ3) is 6.74. The highest BCUT2D eigenvalue weighted by atomic mass is 35.5. The Morgan fingerprint density at radius 2 is 1.48 bits per heavy atom. The van der Waals surface area contributed by atoms with Crippen LogP contribution in [0.2, 0.25) is 5.02 Å². The molecule has 0 fully saturated rings. The summed E-state index contributed by atoms with van der Waals surface area (Å²) in [6, 6.07) is 27.2. The molecule has 1 atom stereocenters. The fourth-order valence-corrected chi connectivity index (χ4v) is 3.00. The first kappa shape index (κ1) is 19.5. The molecule has 3 rings (SSSR count). The van der Waals surface area contributed by atoms with Crippen LogP contribution in [0.4, 0.5) is 0 Å². The van der Waals surface area contributed by atoms with Gasteiger partial charge < -0.3 is 10.1 Å². The highest BCUT2D eigenvalue weighted by molar-refractivity contribution is 6.30. The van der Waals surface area contributed by atoms with Gasteiger partial charge in [-0.2, -0.15) is 0 Å². The van der Waals surface area contributed by atoms with Crippen molar-refractivity contribution in [3.8, 4) is 5.75 Å². The zero-order valence-corrected chi connectivity index (χ0v) is 16.5. The van der Waals surface area contributed by atoms with E-state index in [9.17, 15) is 0 Å². The minimum absolute atomic E-state index is 0.478. The van der Waals surface area contributed by atoms with Crippen molar-refractivity contribution in [3.63, 3.8) is 0 Å². The van der Waals surface area contributed by atoms with Crippen LogP contribution in [0.25, 0.3) is 0 Å². The smallest absolute Gasteiger partial charge is 0.119 e. The number of hydrogen-bond donors (Lipinski definition) is 1. The van der Waals surface area contributed by atoms with E-state index in [1.165, 1.54) is 11.1 Å². The largest absolute Gasteiger partial charge is 0.489 e. The number of benzene rings is 3. The van der Waals surface area contributed by atoms with Crippen molar-refractivity contribution in [1.29, 1.82) is 0 Å². The molecule has 1 N–H and O–H groups in total. The molecule has 0 aliphatic rings. The van der Waals surface area contributed by atoms with E-state index >= 15 is 0 Å². The van der Waals surface area contributed by atoms with Gasteiger partial charge in [-0.1, -0.05) is 66.2 Å². The molecule has 0 unspecified atom stereocenters. The molecule has 0 amide bonds. The second-order valence-corrected chi connectivity index (χ2v) is 7.30. The zero-order valence-electron chi connectivity index (χ0n) is 15.7. The van der Waals surface area contributed by atoms with Crippen molar-refractivity contribution in [1.82, 2.24) is 5.32 Å². The molecule has 3 aromatic carbocycles. The Balaban J connectivity index is 1.40. The van der Waals surface area contributed by atoms with Gasteiger partial charge in [-0.3, -0.25) is 0 Å². The molecule has 0 saturated carbocycles.